The van der Waals surface area contributed by atoms with Crippen LogP contribution in [0.1, 0.15) is 26.7 Å². The summed E-state index contributed by atoms with van der Waals surface area (Å²) in [5.41, 5.74) is 0. The van der Waals surface area contributed by atoms with Crippen LogP contribution in [0.25, 0.3) is 0 Å². The third kappa shape index (κ3) is 1.57. The minimum Gasteiger partial charge on any atom is -0.370 e. The van der Waals surface area contributed by atoms with Gasteiger partial charge in [-0.3, -0.25) is 4.79 Å². The Hall–Kier alpha value is -0.370. The number of Topliss-reactive ketones (excluding diaryl/α,β-unsaturated/α-hetero) is 1. The van der Waals surface area contributed by atoms with Crippen molar-refractivity contribution in [2.45, 2.75) is 32.8 Å². The Morgan fingerprint density at radius 1 is 1.60 bits per heavy atom. The molecule has 1 aliphatic rings. The van der Waals surface area contributed by atoms with Gasteiger partial charge in [0.15, 0.2) is 5.78 Å². The summed E-state index contributed by atoms with van der Waals surface area (Å²) in [6, 6.07) is 0. The third-order valence-electron chi connectivity index (χ3n) is 1.82. The van der Waals surface area contributed by atoms with Crippen LogP contribution in [-0.2, 0) is 9.53 Å². The Morgan fingerprint density at radius 3 is 2.70 bits per heavy atom. The van der Waals surface area contributed by atoms with Crippen LogP contribution >= 0.6 is 0 Å². The quantitative estimate of drug-likeness (QED) is 0.582. The molecule has 2 nitrogen and oxygen atoms in total. The molecular formula is C8H14O2. The Kier molecular flexibility index (Phi) is 2.44. The van der Waals surface area contributed by atoms with E-state index in [9.17, 15) is 4.79 Å². The minimum absolute atomic E-state index is 0.0833. The summed E-state index contributed by atoms with van der Waals surface area (Å²) in [5.74, 6) is 0.389. The van der Waals surface area contributed by atoms with Gasteiger partial charge in [0, 0.05) is 12.5 Å². The predicted octanol–water partition coefficient (Wildman–Crippen LogP) is 1.39. The summed E-state index contributed by atoms with van der Waals surface area (Å²) in [7, 11) is 0. The van der Waals surface area contributed by atoms with Crippen molar-refractivity contribution in [2.24, 2.45) is 5.92 Å². The van der Waals surface area contributed by atoms with Crippen molar-refractivity contribution in [1.82, 2.24) is 0 Å². The number of rotatable bonds is 2. The Balaban J connectivity index is 2.40. The molecule has 1 saturated heterocycles. The van der Waals surface area contributed by atoms with Gasteiger partial charge in [0.25, 0.3) is 0 Å². The van der Waals surface area contributed by atoms with E-state index in [0.29, 0.717) is 0 Å². The number of carbonyl (C=O) groups is 1. The van der Waals surface area contributed by atoms with Crippen LogP contribution in [0.5, 0.6) is 0 Å². The fourth-order valence-corrected chi connectivity index (χ4v) is 1.17. The van der Waals surface area contributed by atoms with E-state index in [2.05, 4.69) is 0 Å². The molecule has 0 saturated carbocycles. The van der Waals surface area contributed by atoms with Crippen molar-refractivity contribution in [3.8, 4) is 0 Å². The van der Waals surface area contributed by atoms with Gasteiger partial charge in [-0.15, -0.1) is 0 Å². The van der Waals surface area contributed by atoms with Gasteiger partial charge in [-0.1, -0.05) is 13.8 Å². The standard InChI is InChI=1S/C8H14O2/c1-6(2)8(9)7-4-3-5-10-7/h6-7H,3-5H2,1-2H3/t7-/m0/s1. The molecule has 0 amide bonds. The summed E-state index contributed by atoms with van der Waals surface area (Å²) in [5, 5.41) is 0. The predicted molar refractivity (Wildman–Crippen MR) is 38.8 cm³/mol. The van der Waals surface area contributed by atoms with E-state index >= 15 is 0 Å². The molecule has 1 aliphatic heterocycles. The van der Waals surface area contributed by atoms with Gasteiger partial charge < -0.3 is 4.74 Å². The average Bonchev–Trinajstić information content (AvgIpc) is 2.36. The maximum Gasteiger partial charge on any atom is 0.164 e. The molecule has 1 fully saturated rings. The smallest absolute Gasteiger partial charge is 0.164 e. The van der Waals surface area contributed by atoms with E-state index in [1.54, 1.807) is 0 Å². The second-order valence-electron chi connectivity index (χ2n) is 3.06. The zero-order chi connectivity index (χ0) is 7.56. The molecule has 0 aliphatic carbocycles. The van der Waals surface area contributed by atoms with Crippen molar-refractivity contribution < 1.29 is 9.53 Å². The fraction of sp³-hybridized carbons (Fsp3) is 0.875. The molecule has 0 aromatic heterocycles. The monoisotopic (exact) mass is 142 g/mol. The molecule has 0 spiro atoms. The molecule has 10 heavy (non-hydrogen) atoms. The fourth-order valence-electron chi connectivity index (χ4n) is 1.17. The Morgan fingerprint density at radius 2 is 2.30 bits per heavy atom. The largest absolute Gasteiger partial charge is 0.370 e. The number of ether oxygens (including phenoxy) is 1. The topological polar surface area (TPSA) is 26.3 Å². The molecule has 0 N–H and O–H groups in total. The zero-order valence-corrected chi connectivity index (χ0v) is 6.59. The first-order valence-corrected chi connectivity index (χ1v) is 3.87. The third-order valence-corrected chi connectivity index (χ3v) is 1.82. The van der Waals surface area contributed by atoms with Crippen molar-refractivity contribution in [3.63, 3.8) is 0 Å². The molecule has 2 heteroatoms. The average molecular weight is 142 g/mol. The highest BCUT2D eigenvalue weighted by Gasteiger charge is 2.24. The lowest BCUT2D eigenvalue weighted by molar-refractivity contribution is -0.130. The summed E-state index contributed by atoms with van der Waals surface area (Å²) >= 11 is 0. The molecule has 0 aromatic rings. The normalized spacial score (nSPS) is 25.7. The lowest BCUT2D eigenvalue weighted by Crippen LogP contribution is -2.23. The van der Waals surface area contributed by atoms with Gasteiger partial charge in [0.2, 0.25) is 0 Å². The summed E-state index contributed by atoms with van der Waals surface area (Å²) in [6.07, 6.45) is 1.89. The molecule has 0 aromatic carbocycles. The highest BCUT2D eigenvalue weighted by molar-refractivity contribution is 5.84. The number of hydrogen-bond donors (Lipinski definition) is 0. The summed E-state index contributed by atoms with van der Waals surface area (Å²) in [4.78, 5) is 11.2. The first-order chi connectivity index (χ1) is 4.72. The Labute approximate surface area is 61.6 Å². The van der Waals surface area contributed by atoms with E-state index in [-0.39, 0.29) is 17.8 Å². The second-order valence-corrected chi connectivity index (χ2v) is 3.06. The lowest BCUT2D eigenvalue weighted by Gasteiger charge is -2.09. The van der Waals surface area contributed by atoms with E-state index in [1.165, 1.54) is 0 Å². The minimum atomic E-state index is -0.0833. The van der Waals surface area contributed by atoms with Gasteiger partial charge in [-0.25, -0.2) is 0 Å². The SMILES string of the molecule is CC(C)C(=O)[C@@H]1CCCO1. The first-order valence-electron chi connectivity index (χ1n) is 3.87. The van der Waals surface area contributed by atoms with Gasteiger partial charge in [0.1, 0.15) is 6.10 Å². The van der Waals surface area contributed by atoms with Crippen LogP contribution < -0.4 is 0 Å². The van der Waals surface area contributed by atoms with Crippen molar-refractivity contribution in [1.29, 1.82) is 0 Å². The molecular weight excluding hydrogens is 128 g/mol. The van der Waals surface area contributed by atoms with Crippen molar-refractivity contribution in [3.05, 3.63) is 0 Å². The van der Waals surface area contributed by atoms with Crippen molar-refractivity contribution in [2.75, 3.05) is 6.61 Å². The molecule has 58 valence electrons. The lowest BCUT2D eigenvalue weighted by atomic mass is 10.0. The summed E-state index contributed by atoms with van der Waals surface area (Å²) in [6.45, 7) is 4.61. The van der Waals surface area contributed by atoms with E-state index < -0.39 is 0 Å². The zero-order valence-electron chi connectivity index (χ0n) is 6.59. The molecule has 0 bridgehead atoms. The summed E-state index contributed by atoms with van der Waals surface area (Å²) < 4.78 is 5.23. The molecule has 0 radical (unpaired) electrons. The van der Waals surface area contributed by atoms with E-state index in [4.69, 9.17) is 4.74 Å². The second kappa shape index (κ2) is 3.15. The van der Waals surface area contributed by atoms with Crippen LogP contribution in [0.4, 0.5) is 0 Å². The number of ketones is 1. The molecule has 1 atom stereocenters. The number of carbonyl (C=O) groups excluding carboxylic acids is 1. The highest BCUT2D eigenvalue weighted by Crippen LogP contribution is 2.15. The van der Waals surface area contributed by atoms with E-state index in [0.717, 1.165) is 19.4 Å². The molecule has 1 heterocycles. The first kappa shape index (κ1) is 7.73. The molecule has 0 unspecified atom stereocenters. The van der Waals surface area contributed by atoms with Crippen LogP contribution in [0.15, 0.2) is 0 Å². The van der Waals surface area contributed by atoms with Gasteiger partial charge in [0.05, 0.1) is 0 Å². The number of hydrogen-bond acceptors (Lipinski definition) is 2. The maximum absolute atomic E-state index is 11.2. The van der Waals surface area contributed by atoms with Crippen LogP contribution in [-0.4, -0.2) is 18.5 Å². The van der Waals surface area contributed by atoms with Crippen LogP contribution in [0, 0.1) is 5.92 Å². The van der Waals surface area contributed by atoms with Gasteiger partial charge >= 0.3 is 0 Å². The van der Waals surface area contributed by atoms with Crippen molar-refractivity contribution >= 4 is 5.78 Å². The van der Waals surface area contributed by atoms with E-state index in [1.807, 2.05) is 13.8 Å². The van der Waals surface area contributed by atoms with Gasteiger partial charge in [-0.2, -0.15) is 0 Å². The highest BCUT2D eigenvalue weighted by atomic mass is 16.5. The maximum atomic E-state index is 11.2. The van der Waals surface area contributed by atoms with Crippen LogP contribution in [0.3, 0.4) is 0 Å². The Bertz CT molecular complexity index is 123. The van der Waals surface area contributed by atoms with Gasteiger partial charge in [-0.05, 0) is 12.8 Å². The van der Waals surface area contributed by atoms with Crippen LogP contribution in [0.2, 0.25) is 0 Å². The molecule has 1 rings (SSSR count).